The lowest BCUT2D eigenvalue weighted by Gasteiger charge is -2.30. The molecule has 1 fully saturated rings. The van der Waals surface area contributed by atoms with Crippen molar-refractivity contribution in [2.45, 2.75) is 13.1 Å². The van der Waals surface area contributed by atoms with Gasteiger partial charge in [0.25, 0.3) is 0 Å². The molecule has 0 aliphatic carbocycles. The maximum absolute atomic E-state index is 5.31. The van der Waals surface area contributed by atoms with Crippen molar-refractivity contribution in [2.75, 3.05) is 26.8 Å². The maximum atomic E-state index is 5.31. The van der Waals surface area contributed by atoms with E-state index in [2.05, 4.69) is 89.3 Å². The first-order valence-electron chi connectivity index (χ1n) is 10.1. The molecule has 1 aliphatic rings. The fraction of sp³-hybridized carbons (Fsp3) is 0.280. The van der Waals surface area contributed by atoms with Crippen LogP contribution in [0.15, 0.2) is 72.8 Å². The summed E-state index contributed by atoms with van der Waals surface area (Å²) in [5, 5.41) is 2.69. The Morgan fingerprint density at radius 3 is 2.39 bits per heavy atom. The Labute approximate surface area is 166 Å². The van der Waals surface area contributed by atoms with Gasteiger partial charge in [-0.15, -0.1) is 0 Å². The van der Waals surface area contributed by atoms with Crippen molar-refractivity contribution in [3.8, 4) is 0 Å². The molecule has 3 aromatic carbocycles. The summed E-state index contributed by atoms with van der Waals surface area (Å²) in [4.78, 5) is 2.41. The second kappa shape index (κ2) is 7.42. The van der Waals surface area contributed by atoms with E-state index in [-0.39, 0.29) is 0 Å². The average molecular weight is 370 g/mol. The van der Waals surface area contributed by atoms with Crippen molar-refractivity contribution in [1.82, 2.24) is 9.47 Å². The Morgan fingerprint density at radius 2 is 1.61 bits per heavy atom. The van der Waals surface area contributed by atoms with Gasteiger partial charge < -0.3 is 14.2 Å². The molecule has 0 amide bonds. The Morgan fingerprint density at radius 1 is 0.857 bits per heavy atom. The number of para-hydroxylation sites is 1. The van der Waals surface area contributed by atoms with Crippen molar-refractivity contribution in [3.05, 3.63) is 83.9 Å². The molecule has 1 saturated heterocycles. The van der Waals surface area contributed by atoms with Crippen molar-refractivity contribution < 1.29 is 4.74 Å². The molecule has 0 bridgehead atoms. The van der Waals surface area contributed by atoms with Crippen LogP contribution in [0.3, 0.4) is 0 Å². The fourth-order valence-corrected chi connectivity index (χ4v) is 4.34. The summed E-state index contributed by atoms with van der Waals surface area (Å²) in [5.74, 6) is 0.696. The minimum absolute atomic E-state index is 0.696. The molecule has 3 heteroatoms. The van der Waals surface area contributed by atoms with Crippen molar-refractivity contribution in [3.63, 3.8) is 0 Å². The van der Waals surface area contributed by atoms with Gasteiger partial charge in [0.1, 0.15) is 0 Å². The summed E-state index contributed by atoms with van der Waals surface area (Å²) < 4.78 is 7.76. The van der Waals surface area contributed by atoms with Crippen LogP contribution in [-0.4, -0.2) is 36.3 Å². The fourth-order valence-electron chi connectivity index (χ4n) is 4.34. The molecule has 1 aliphatic heterocycles. The quantitative estimate of drug-likeness (QED) is 0.479. The van der Waals surface area contributed by atoms with Gasteiger partial charge in [0, 0.05) is 47.4 Å². The topological polar surface area (TPSA) is 17.4 Å². The first-order valence-corrected chi connectivity index (χ1v) is 10.1. The van der Waals surface area contributed by atoms with Crippen LogP contribution in [0.4, 0.5) is 0 Å². The molecule has 28 heavy (non-hydrogen) atoms. The number of benzene rings is 3. The minimum Gasteiger partial charge on any atom is -0.381 e. The van der Waals surface area contributed by atoms with Crippen LogP contribution in [-0.2, 0) is 17.8 Å². The number of ether oxygens (including phenoxy) is 1. The predicted octanol–water partition coefficient (Wildman–Crippen LogP) is 4.92. The largest absolute Gasteiger partial charge is 0.381 e. The predicted molar refractivity (Wildman–Crippen MR) is 116 cm³/mol. The Balaban J connectivity index is 1.51. The van der Waals surface area contributed by atoms with E-state index in [9.17, 15) is 0 Å². The summed E-state index contributed by atoms with van der Waals surface area (Å²) in [6, 6.07) is 26.4. The molecule has 0 unspecified atom stereocenters. The lowest BCUT2D eigenvalue weighted by Crippen LogP contribution is -2.37. The summed E-state index contributed by atoms with van der Waals surface area (Å²) in [6.07, 6.45) is 0. The smallest absolute Gasteiger partial charge is 0.0528 e. The van der Waals surface area contributed by atoms with Gasteiger partial charge in [0.2, 0.25) is 0 Å². The highest BCUT2D eigenvalue weighted by atomic mass is 16.5. The zero-order chi connectivity index (χ0) is 18.9. The van der Waals surface area contributed by atoms with E-state index in [1.54, 1.807) is 0 Å². The van der Waals surface area contributed by atoms with E-state index < -0.39 is 0 Å². The third-order valence-electron chi connectivity index (χ3n) is 5.75. The van der Waals surface area contributed by atoms with E-state index >= 15 is 0 Å². The van der Waals surface area contributed by atoms with Crippen molar-refractivity contribution in [2.24, 2.45) is 5.92 Å². The summed E-state index contributed by atoms with van der Waals surface area (Å²) in [6.45, 7) is 4.80. The maximum Gasteiger partial charge on any atom is 0.0528 e. The van der Waals surface area contributed by atoms with E-state index in [0.29, 0.717) is 5.92 Å². The molecule has 0 radical (unpaired) electrons. The third kappa shape index (κ3) is 3.32. The number of hydrogen-bond donors (Lipinski definition) is 0. The molecule has 0 saturated carbocycles. The van der Waals surface area contributed by atoms with Crippen molar-refractivity contribution >= 4 is 21.8 Å². The van der Waals surface area contributed by atoms with Crippen LogP contribution in [0.1, 0.15) is 11.1 Å². The molecule has 0 spiro atoms. The molecular formula is C25H26N2O. The Kier molecular flexibility index (Phi) is 4.63. The van der Waals surface area contributed by atoms with Crippen LogP contribution < -0.4 is 0 Å². The number of hydrogen-bond acceptors (Lipinski definition) is 2. The second-order valence-electron chi connectivity index (χ2n) is 8.04. The molecule has 0 atom stereocenters. The molecule has 1 aromatic heterocycles. The van der Waals surface area contributed by atoms with E-state index in [4.69, 9.17) is 4.74 Å². The summed E-state index contributed by atoms with van der Waals surface area (Å²) in [7, 11) is 2.21. The SMILES string of the molecule is CN(Cc1ccc2c(c1)c1ccccc1n2Cc1ccccc1)CC1COC1. The Bertz CT molecular complexity index is 1100. The van der Waals surface area contributed by atoms with Gasteiger partial charge in [0.15, 0.2) is 0 Å². The molecule has 3 nitrogen and oxygen atoms in total. The van der Waals surface area contributed by atoms with Crippen LogP contribution in [0.2, 0.25) is 0 Å². The molecule has 0 N–H and O–H groups in total. The lowest BCUT2D eigenvalue weighted by atomic mass is 10.1. The zero-order valence-corrected chi connectivity index (χ0v) is 16.3. The van der Waals surface area contributed by atoms with Gasteiger partial charge >= 0.3 is 0 Å². The number of aromatic nitrogens is 1. The van der Waals surface area contributed by atoms with E-state index in [1.807, 2.05) is 0 Å². The van der Waals surface area contributed by atoms with Crippen LogP contribution in [0.5, 0.6) is 0 Å². The minimum atomic E-state index is 0.696. The normalized spacial score (nSPS) is 14.8. The molecule has 4 aromatic rings. The molecule has 2 heterocycles. The van der Waals surface area contributed by atoms with Crippen LogP contribution >= 0.6 is 0 Å². The highest BCUT2D eigenvalue weighted by Crippen LogP contribution is 2.31. The van der Waals surface area contributed by atoms with Gasteiger partial charge in [-0.1, -0.05) is 54.6 Å². The standard InChI is InChI=1S/C25H26N2O/c1-26(15-21-17-28-18-21)14-20-11-12-25-23(13-20)22-9-5-6-10-24(22)27(25)16-19-7-3-2-4-8-19/h2-13,21H,14-18H2,1H3. The zero-order valence-electron chi connectivity index (χ0n) is 16.3. The lowest BCUT2D eigenvalue weighted by molar-refractivity contribution is -0.0445. The average Bonchev–Trinajstić information content (AvgIpc) is 2.99. The van der Waals surface area contributed by atoms with Crippen LogP contribution in [0, 0.1) is 5.92 Å². The molecule has 5 rings (SSSR count). The molecular weight excluding hydrogens is 344 g/mol. The van der Waals surface area contributed by atoms with Gasteiger partial charge in [0.05, 0.1) is 13.2 Å². The first kappa shape index (κ1) is 17.5. The van der Waals surface area contributed by atoms with E-state index in [1.165, 1.54) is 32.9 Å². The van der Waals surface area contributed by atoms with E-state index in [0.717, 1.165) is 32.8 Å². The van der Waals surface area contributed by atoms with Gasteiger partial charge in [-0.25, -0.2) is 0 Å². The highest BCUT2D eigenvalue weighted by molar-refractivity contribution is 6.08. The highest BCUT2D eigenvalue weighted by Gasteiger charge is 2.20. The summed E-state index contributed by atoms with van der Waals surface area (Å²) >= 11 is 0. The third-order valence-corrected chi connectivity index (χ3v) is 5.75. The van der Waals surface area contributed by atoms with Gasteiger partial charge in [-0.05, 0) is 36.4 Å². The Hall–Kier alpha value is -2.62. The van der Waals surface area contributed by atoms with Gasteiger partial charge in [-0.3, -0.25) is 0 Å². The van der Waals surface area contributed by atoms with Crippen molar-refractivity contribution in [1.29, 1.82) is 0 Å². The first-order chi connectivity index (χ1) is 13.8. The second-order valence-corrected chi connectivity index (χ2v) is 8.04. The monoisotopic (exact) mass is 370 g/mol. The number of fused-ring (bicyclic) bond motifs is 3. The number of rotatable bonds is 6. The number of nitrogens with zero attached hydrogens (tertiary/aromatic N) is 2. The van der Waals surface area contributed by atoms with Crippen LogP contribution in [0.25, 0.3) is 21.8 Å². The van der Waals surface area contributed by atoms with Gasteiger partial charge in [-0.2, -0.15) is 0 Å². The molecule has 142 valence electrons. The summed E-state index contributed by atoms with van der Waals surface area (Å²) in [5.41, 5.74) is 5.32.